The van der Waals surface area contributed by atoms with Crippen LogP contribution in [-0.4, -0.2) is 18.2 Å². The van der Waals surface area contributed by atoms with Gasteiger partial charge in [0.15, 0.2) is 0 Å². The van der Waals surface area contributed by atoms with E-state index in [0.717, 1.165) is 28.3 Å². The molecule has 5 nitrogen and oxygen atoms in total. The zero-order valence-electron chi connectivity index (χ0n) is 20.6. The minimum absolute atomic E-state index is 0.234. The number of benzene rings is 3. The maximum atomic E-state index is 12.6. The Morgan fingerprint density at radius 2 is 1.43 bits per heavy atom. The van der Waals surface area contributed by atoms with E-state index in [1.807, 2.05) is 50.2 Å². The summed E-state index contributed by atoms with van der Waals surface area (Å²) in [6.45, 7) is 4.93. The first kappa shape index (κ1) is 24.5. The van der Waals surface area contributed by atoms with Crippen LogP contribution in [-0.2, 0) is 6.61 Å². The molecule has 1 saturated carbocycles. The molecule has 0 aromatic heterocycles. The maximum Gasteiger partial charge on any atom is 0.271 e. The van der Waals surface area contributed by atoms with Crippen molar-refractivity contribution in [1.29, 1.82) is 0 Å². The van der Waals surface area contributed by atoms with Crippen molar-refractivity contribution in [3.63, 3.8) is 0 Å². The number of hydrogen-bond acceptors (Lipinski definition) is 4. The standard InChI is InChI=1S/C30H34N2O3/c1-3-34-28-17-19-29(20-18-28)35-21-23-9-11-27(12-10-23)30(33)32-31-22(2)24-13-15-26(16-14-24)25-7-5-4-6-8-25/h9-20,25H,3-8,21H2,1-2H3,(H,32,33). The number of nitrogens with one attached hydrogen (secondary N) is 1. The Bertz CT molecular complexity index is 1110. The zero-order chi connectivity index (χ0) is 24.5. The van der Waals surface area contributed by atoms with Gasteiger partial charge in [-0.15, -0.1) is 0 Å². The molecule has 0 spiro atoms. The Balaban J connectivity index is 1.28. The molecule has 35 heavy (non-hydrogen) atoms. The first-order valence-corrected chi connectivity index (χ1v) is 12.5. The number of carbonyl (C=O) groups excluding carboxylic acids is 1. The highest BCUT2D eigenvalue weighted by Gasteiger charge is 2.15. The Morgan fingerprint density at radius 3 is 2.06 bits per heavy atom. The van der Waals surface area contributed by atoms with Gasteiger partial charge in [0, 0.05) is 5.56 Å². The van der Waals surface area contributed by atoms with Gasteiger partial charge < -0.3 is 9.47 Å². The van der Waals surface area contributed by atoms with Gasteiger partial charge in [0.1, 0.15) is 18.1 Å². The van der Waals surface area contributed by atoms with Crippen molar-refractivity contribution in [2.75, 3.05) is 6.61 Å². The second-order valence-corrected chi connectivity index (χ2v) is 8.99. The molecule has 0 heterocycles. The van der Waals surface area contributed by atoms with Crippen LogP contribution in [0.2, 0.25) is 0 Å². The molecule has 1 aliphatic rings. The monoisotopic (exact) mass is 470 g/mol. The lowest BCUT2D eigenvalue weighted by Gasteiger charge is -2.22. The van der Waals surface area contributed by atoms with Crippen LogP contribution in [0.1, 0.15) is 78.9 Å². The van der Waals surface area contributed by atoms with Crippen molar-refractivity contribution in [3.8, 4) is 11.5 Å². The Kier molecular flexibility index (Phi) is 8.55. The minimum atomic E-state index is -0.234. The van der Waals surface area contributed by atoms with Gasteiger partial charge in [-0.3, -0.25) is 4.79 Å². The fourth-order valence-corrected chi connectivity index (χ4v) is 4.41. The largest absolute Gasteiger partial charge is 0.494 e. The highest BCUT2D eigenvalue weighted by Crippen LogP contribution is 2.32. The van der Waals surface area contributed by atoms with Crippen LogP contribution in [0.3, 0.4) is 0 Å². The molecule has 1 N–H and O–H groups in total. The molecule has 1 aliphatic carbocycles. The molecule has 3 aromatic rings. The van der Waals surface area contributed by atoms with E-state index in [2.05, 4.69) is 34.8 Å². The van der Waals surface area contributed by atoms with E-state index >= 15 is 0 Å². The summed E-state index contributed by atoms with van der Waals surface area (Å²) in [7, 11) is 0. The Labute approximate surface area is 208 Å². The minimum Gasteiger partial charge on any atom is -0.494 e. The summed E-state index contributed by atoms with van der Waals surface area (Å²) in [4.78, 5) is 12.6. The van der Waals surface area contributed by atoms with Crippen molar-refractivity contribution in [3.05, 3.63) is 95.1 Å². The molecular weight excluding hydrogens is 436 g/mol. The van der Waals surface area contributed by atoms with Crippen LogP contribution >= 0.6 is 0 Å². The highest BCUT2D eigenvalue weighted by atomic mass is 16.5. The molecule has 1 fully saturated rings. The molecule has 4 rings (SSSR count). The fraction of sp³-hybridized carbons (Fsp3) is 0.333. The molecule has 182 valence electrons. The summed E-state index contributed by atoms with van der Waals surface area (Å²) >= 11 is 0. The van der Waals surface area contributed by atoms with E-state index in [-0.39, 0.29) is 5.91 Å². The lowest BCUT2D eigenvalue weighted by molar-refractivity contribution is 0.0954. The molecule has 0 bridgehead atoms. The predicted molar refractivity (Wildman–Crippen MR) is 140 cm³/mol. The number of rotatable bonds is 9. The van der Waals surface area contributed by atoms with Gasteiger partial charge in [0.25, 0.3) is 5.91 Å². The first-order valence-electron chi connectivity index (χ1n) is 12.5. The average Bonchev–Trinajstić information content (AvgIpc) is 2.92. The van der Waals surface area contributed by atoms with Gasteiger partial charge in [-0.05, 0) is 85.7 Å². The van der Waals surface area contributed by atoms with Crippen molar-refractivity contribution in [2.45, 2.75) is 58.5 Å². The summed E-state index contributed by atoms with van der Waals surface area (Å²) in [6.07, 6.45) is 6.59. The highest BCUT2D eigenvalue weighted by molar-refractivity contribution is 6.00. The molecule has 0 aliphatic heterocycles. The van der Waals surface area contributed by atoms with Crippen LogP contribution in [0, 0.1) is 0 Å². The van der Waals surface area contributed by atoms with Crippen LogP contribution in [0.25, 0.3) is 0 Å². The first-order chi connectivity index (χ1) is 17.1. The normalized spacial score (nSPS) is 14.4. The third-order valence-corrected chi connectivity index (χ3v) is 6.49. The number of hydrazone groups is 1. The van der Waals surface area contributed by atoms with Gasteiger partial charge in [0.05, 0.1) is 12.3 Å². The molecule has 0 atom stereocenters. The van der Waals surface area contributed by atoms with Crippen LogP contribution in [0.15, 0.2) is 77.9 Å². The quantitative estimate of drug-likeness (QED) is 0.274. The number of hydrogen-bond donors (Lipinski definition) is 1. The average molecular weight is 471 g/mol. The molecule has 1 amide bonds. The number of carbonyl (C=O) groups is 1. The van der Waals surface area contributed by atoms with Crippen molar-refractivity contribution >= 4 is 11.6 Å². The maximum absolute atomic E-state index is 12.6. The topological polar surface area (TPSA) is 59.9 Å². The summed E-state index contributed by atoms with van der Waals surface area (Å²) in [5.74, 6) is 2.04. The molecule has 0 radical (unpaired) electrons. The summed E-state index contributed by atoms with van der Waals surface area (Å²) in [6, 6.07) is 23.5. The number of ether oxygens (including phenoxy) is 2. The third kappa shape index (κ3) is 6.95. The Hall–Kier alpha value is -3.60. The van der Waals surface area contributed by atoms with Crippen molar-refractivity contribution in [2.24, 2.45) is 5.10 Å². The smallest absolute Gasteiger partial charge is 0.271 e. The SMILES string of the molecule is CCOc1ccc(OCc2ccc(C(=O)NN=C(C)c3ccc(C4CCCCC4)cc3)cc2)cc1. The van der Waals surface area contributed by atoms with E-state index in [1.165, 1.54) is 37.7 Å². The van der Waals surface area contributed by atoms with E-state index in [4.69, 9.17) is 9.47 Å². The molecule has 0 saturated heterocycles. The second kappa shape index (κ2) is 12.2. The number of amides is 1. The molecule has 5 heteroatoms. The zero-order valence-corrected chi connectivity index (χ0v) is 20.6. The number of nitrogens with zero attached hydrogens (tertiary/aromatic N) is 1. The van der Waals surface area contributed by atoms with Crippen molar-refractivity contribution < 1.29 is 14.3 Å². The summed E-state index contributed by atoms with van der Waals surface area (Å²) in [5.41, 5.74) is 7.43. The van der Waals surface area contributed by atoms with Crippen LogP contribution in [0.5, 0.6) is 11.5 Å². The molecule has 0 unspecified atom stereocenters. The van der Waals surface area contributed by atoms with Gasteiger partial charge >= 0.3 is 0 Å². The van der Waals surface area contributed by atoms with Gasteiger partial charge in [-0.2, -0.15) is 5.10 Å². The summed E-state index contributed by atoms with van der Waals surface area (Å²) < 4.78 is 11.3. The van der Waals surface area contributed by atoms with Gasteiger partial charge in [-0.25, -0.2) is 5.43 Å². The molecule has 3 aromatic carbocycles. The molecular formula is C30H34N2O3. The van der Waals surface area contributed by atoms with Gasteiger partial charge in [-0.1, -0.05) is 55.7 Å². The second-order valence-electron chi connectivity index (χ2n) is 8.99. The fourth-order valence-electron chi connectivity index (χ4n) is 4.41. The van der Waals surface area contributed by atoms with Crippen LogP contribution < -0.4 is 14.9 Å². The summed E-state index contributed by atoms with van der Waals surface area (Å²) in [5, 5.41) is 4.31. The van der Waals surface area contributed by atoms with E-state index in [9.17, 15) is 4.79 Å². The lowest BCUT2D eigenvalue weighted by Crippen LogP contribution is -2.19. The van der Waals surface area contributed by atoms with Gasteiger partial charge in [0.2, 0.25) is 0 Å². The Morgan fingerprint density at radius 1 is 0.829 bits per heavy atom. The van der Waals surface area contributed by atoms with Crippen molar-refractivity contribution in [1.82, 2.24) is 5.43 Å². The van der Waals surface area contributed by atoms with E-state index < -0.39 is 0 Å². The van der Waals surface area contributed by atoms with E-state index in [1.54, 1.807) is 12.1 Å². The van der Waals surface area contributed by atoms with E-state index in [0.29, 0.717) is 24.7 Å². The van der Waals surface area contributed by atoms with Crippen LogP contribution in [0.4, 0.5) is 0 Å². The predicted octanol–water partition coefficient (Wildman–Crippen LogP) is 6.87. The third-order valence-electron chi connectivity index (χ3n) is 6.49. The lowest BCUT2D eigenvalue weighted by atomic mass is 9.84.